The molecule has 1 aromatic rings. The number of ether oxygens (including phenoxy) is 1. The summed E-state index contributed by atoms with van der Waals surface area (Å²) in [5.41, 5.74) is 2.68. The van der Waals surface area contributed by atoms with Crippen molar-refractivity contribution in [1.82, 2.24) is 10.4 Å². The van der Waals surface area contributed by atoms with Crippen LogP contribution < -0.4 is 10.2 Å². The van der Waals surface area contributed by atoms with Gasteiger partial charge in [0.05, 0.1) is 12.9 Å². The van der Waals surface area contributed by atoms with Gasteiger partial charge in [-0.15, -0.1) is 11.8 Å². The van der Waals surface area contributed by atoms with Crippen LogP contribution in [0.4, 0.5) is 0 Å². The van der Waals surface area contributed by atoms with Crippen LogP contribution in [0.2, 0.25) is 0 Å². The van der Waals surface area contributed by atoms with Crippen molar-refractivity contribution in [2.24, 2.45) is 0 Å². The Morgan fingerprint density at radius 2 is 2.00 bits per heavy atom. The summed E-state index contributed by atoms with van der Waals surface area (Å²) < 4.78 is 5.05. The van der Waals surface area contributed by atoms with E-state index in [1.54, 1.807) is 26.2 Å². The minimum atomic E-state index is -0.00850. The van der Waals surface area contributed by atoms with E-state index in [4.69, 9.17) is 4.74 Å². The van der Waals surface area contributed by atoms with Crippen LogP contribution in [0.5, 0.6) is 5.75 Å². The predicted molar refractivity (Wildman–Crippen MR) is 65.5 cm³/mol. The Morgan fingerprint density at radius 1 is 1.38 bits per heavy atom. The van der Waals surface area contributed by atoms with Crippen molar-refractivity contribution in [2.45, 2.75) is 4.90 Å². The highest BCUT2D eigenvalue weighted by Gasteiger charge is 2.03. The zero-order valence-electron chi connectivity index (χ0n) is 9.69. The maximum Gasteiger partial charge on any atom is 0.244 e. The van der Waals surface area contributed by atoms with Crippen LogP contribution in [0, 0.1) is 0 Å². The van der Waals surface area contributed by atoms with E-state index in [2.05, 4.69) is 5.43 Å². The first-order valence-electron chi connectivity index (χ1n) is 4.85. The quantitative estimate of drug-likeness (QED) is 0.623. The number of nitrogens with zero attached hydrogens (tertiary/aromatic N) is 1. The smallest absolute Gasteiger partial charge is 0.244 e. The van der Waals surface area contributed by atoms with Gasteiger partial charge in [0.1, 0.15) is 5.75 Å². The van der Waals surface area contributed by atoms with Gasteiger partial charge in [-0.25, -0.2) is 5.01 Å². The Kier molecular flexibility index (Phi) is 5.14. The van der Waals surface area contributed by atoms with Gasteiger partial charge in [-0.1, -0.05) is 0 Å². The Balaban J connectivity index is 2.39. The average molecular weight is 240 g/mol. The lowest BCUT2D eigenvalue weighted by atomic mass is 10.3. The molecule has 0 bridgehead atoms. The van der Waals surface area contributed by atoms with Gasteiger partial charge >= 0.3 is 0 Å². The van der Waals surface area contributed by atoms with Gasteiger partial charge < -0.3 is 4.74 Å². The van der Waals surface area contributed by atoms with E-state index in [1.807, 2.05) is 24.3 Å². The van der Waals surface area contributed by atoms with Crippen molar-refractivity contribution < 1.29 is 9.53 Å². The van der Waals surface area contributed by atoms with Crippen molar-refractivity contribution in [3.63, 3.8) is 0 Å². The second-order valence-electron chi connectivity index (χ2n) is 3.39. The van der Waals surface area contributed by atoms with Crippen LogP contribution in [0.25, 0.3) is 0 Å². The number of rotatable bonds is 5. The van der Waals surface area contributed by atoms with Gasteiger partial charge in [-0.2, -0.15) is 0 Å². The van der Waals surface area contributed by atoms with Crippen LogP contribution in [-0.2, 0) is 4.79 Å². The van der Waals surface area contributed by atoms with Crippen LogP contribution in [-0.4, -0.2) is 37.9 Å². The average Bonchev–Trinajstić information content (AvgIpc) is 2.26. The fourth-order valence-electron chi connectivity index (χ4n) is 1.10. The summed E-state index contributed by atoms with van der Waals surface area (Å²) >= 11 is 1.50. The van der Waals surface area contributed by atoms with Gasteiger partial charge in [0.25, 0.3) is 0 Å². The lowest BCUT2D eigenvalue weighted by molar-refractivity contribution is -0.122. The van der Waals surface area contributed by atoms with E-state index in [9.17, 15) is 4.79 Å². The number of carbonyl (C=O) groups is 1. The highest BCUT2D eigenvalue weighted by atomic mass is 32.2. The molecule has 0 aliphatic rings. The summed E-state index contributed by atoms with van der Waals surface area (Å²) in [6, 6.07) is 7.64. The van der Waals surface area contributed by atoms with E-state index in [1.165, 1.54) is 11.8 Å². The van der Waals surface area contributed by atoms with Crippen LogP contribution in [0.1, 0.15) is 0 Å². The molecule has 1 rings (SSSR count). The maximum absolute atomic E-state index is 11.4. The molecular weight excluding hydrogens is 224 g/mol. The molecule has 0 saturated carbocycles. The highest BCUT2D eigenvalue weighted by molar-refractivity contribution is 8.00. The van der Waals surface area contributed by atoms with Crippen molar-refractivity contribution in [3.8, 4) is 5.75 Å². The van der Waals surface area contributed by atoms with Crippen LogP contribution in [0.15, 0.2) is 29.2 Å². The molecule has 0 atom stereocenters. The Labute approximate surface area is 99.9 Å². The van der Waals surface area contributed by atoms with Crippen molar-refractivity contribution >= 4 is 17.7 Å². The molecule has 0 aliphatic carbocycles. The molecule has 0 saturated heterocycles. The number of carbonyl (C=O) groups excluding carboxylic acids is 1. The molecule has 88 valence electrons. The van der Waals surface area contributed by atoms with Crippen molar-refractivity contribution in [2.75, 3.05) is 27.0 Å². The molecule has 1 aromatic carbocycles. The topological polar surface area (TPSA) is 41.6 Å². The second-order valence-corrected chi connectivity index (χ2v) is 4.44. The molecule has 0 fully saturated rings. The zero-order chi connectivity index (χ0) is 12.0. The fraction of sp³-hybridized carbons (Fsp3) is 0.364. The first-order valence-corrected chi connectivity index (χ1v) is 5.84. The molecule has 16 heavy (non-hydrogen) atoms. The largest absolute Gasteiger partial charge is 0.497 e. The Hall–Kier alpha value is -1.20. The third-order valence-corrected chi connectivity index (χ3v) is 2.79. The number of hydrazine groups is 1. The third kappa shape index (κ3) is 4.55. The van der Waals surface area contributed by atoms with Gasteiger partial charge in [0.15, 0.2) is 0 Å². The number of hydrogen-bond acceptors (Lipinski definition) is 4. The summed E-state index contributed by atoms with van der Waals surface area (Å²) in [4.78, 5) is 12.4. The monoisotopic (exact) mass is 240 g/mol. The number of thioether (sulfide) groups is 1. The predicted octanol–water partition coefficient (Wildman–Crippen LogP) is 1.38. The van der Waals surface area contributed by atoms with E-state index in [-0.39, 0.29) is 5.91 Å². The normalized spacial score (nSPS) is 10.2. The fourth-order valence-corrected chi connectivity index (χ4v) is 1.79. The van der Waals surface area contributed by atoms with E-state index < -0.39 is 0 Å². The molecule has 1 amide bonds. The van der Waals surface area contributed by atoms with Gasteiger partial charge in [0.2, 0.25) is 5.91 Å². The molecule has 5 heteroatoms. The Bertz CT molecular complexity index is 338. The van der Waals surface area contributed by atoms with Gasteiger partial charge in [0, 0.05) is 19.0 Å². The summed E-state index contributed by atoms with van der Waals surface area (Å²) in [6.07, 6.45) is 0. The van der Waals surface area contributed by atoms with Gasteiger partial charge in [-0.3, -0.25) is 10.2 Å². The number of hydrogen-bond donors (Lipinski definition) is 1. The van der Waals surface area contributed by atoms with E-state index >= 15 is 0 Å². The van der Waals surface area contributed by atoms with Crippen molar-refractivity contribution in [3.05, 3.63) is 24.3 Å². The maximum atomic E-state index is 11.4. The number of benzene rings is 1. The summed E-state index contributed by atoms with van der Waals surface area (Å²) in [6.45, 7) is 0. The molecule has 0 radical (unpaired) electrons. The molecule has 0 unspecified atom stereocenters. The summed E-state index contributed by atoms with van der Waals surface area (Å²) in [5, 5.41) is 1.64. The van der Waals surface area contributed by atoms with E-state index in [0.717, 1.165) is 10.6 Å². The summed E-state index contributed by atoms with van der Waals surface area (Å²) in [7, 11) is 5.21. The highest BCUT2D eigenvalue weighted by Crippen LogP contribution is 2.20. The molecule has 4 nitrogen and oxygen atoms in total. The molecule has 0 spiro atoms. The van der Waals surface area contributed by atoms with Gasteiger partial charge in [-0.05, 0) is 24.3 Å². The third-order valence-electron chi connectivity index (χ3n) is 1.78. The Morgan fingerprint density at radius 3 is 2.50 bits per heavy atom. The first-order chi connectivity index (χ1) is 7.61. The molecular formula is C11H16N2O2S. The summed E-state index contributed by atoms with van der Waals surface area (Å²) in [5.74, 6) is 1.22. The van der Waals surface area contributed by atoms with Crippen LogP contribution >= 0.6 is 11.8 Å². The zero-order valence-corrected chi connectivity index (χ0v) is 10.5. The second kappa shape index (κ2) is 6.40. The minimum absolute atomic E-state index is 0.00850. The lowest BCUT2D eigenvalue weighted by Gasteiger charge is -2.11. The molecule has 1 N–H and O–H groups in total. The SMILES string of the molecule is COc1ccc(SCC(=O)NN(C)C)cc1. The van der Waals surface area contributed by atoms with Crippen LogP contribution in [0.3, 0.4) is 0 Å². The molecule has 0 heterocycles. The molecule has 0 aliphatic heterocycles. The molecule has 0 aromatic heterocycles. The minimum Gasteiger partial charge on any atom is -0.497 e. The standard InChI is InChI=1S/C11H16N2O2S/c1-13(2)12-11(14)8-16-10-6-4-9(15-3)5-7-10/h4-7H,8H2,1-3H3,(H,12,14). The number of methoxy groups -OCH3 is 1. The number of amides is 1. The number of nitrogens with one attached hydrogen (secondary N) is 1. The van der Waals surface area contributed by atoms with Crippen molar-refractivity contribution in [1.29, 1.82) is 0 Å². The first kappa shape index (κ1) is 12.9. The lowest BCUT2D eigenvalue weighted by Crippen LogP contribution is -2.37. The van der Waals surface area contributed by atoms with E-state index in [0.29, 0.717) is 5.75 Å².